The van der Waals surface area contributed by atoms with Crippen molar-refractivity contribution in [3.63, 3.8) is 0 Å². The zero-order valence-electron chi connectivity index (χ0n) is 15.3. The molecular formula is C20H20N2O6. The molecule has 1 unspecified atom stereocenters. The fraction of sp³-hybridized carbons (Fsp3) is 0.300. The number of carbonyl (C=O) groups is 2. The molecule has 1 N–H and O–H groups in total. The Kier molecular flexibility index (Phi) is 4.92. The van der Waals surface area contributed by atoms with E-state index in [1.165, 1.54) is 4.90 Å². The molecule has 1 atom stereocenters. The molecular weight excluding hydrogens is 364 g/mol. The third kappa shape index (κ3) is 3.80. The van der Waals surface area contributed by atoms with Gasteiger partial charge < -0.3 is 24.3 Å². The van der Waals surface area contributed by atoms with E-state index in [2.05, 4.69) is 5.32 Å². The molecule has 2 aliphatic rings. The number of cyclic esters (lactones) is 1. The normalized spacial score (nSPS) is 17.4. The van der Waals surface area contributed by atoms with E-state index in [1.807, 2.05) is 31.2 Å². The number of fused-ring (bicyclic) bond motifs is 1. The van der Waals surface area contributed by atoms with Gasteiger partial charge in [-0.3, -0.25) is 9.69 Å². The number of hydrogen-bond donors (Lipinski definition) is 1. The molecule has 146 valence electrons. The molecule has 0 aliphatic carbocycles. The van der Waals surface area contributed by atoms with Gasteiger partial charge in [-0.1, -0.05) is 18.2 Å². The monoisotopic (exact) mass is 384 g/mol. The van der Waals surface area contributed by atoms with Gasteiger partial charge >= 0.3 is 6.09 Å². The van der Waals surface area contributed by atoms with Crippen LogP contribution in [0.3, 0.4) is 0 Å². The molecule has 2 aromatic rings. The number of nitrogens with one attached hydrogen (secondary N) is 1. The van der Waals surface area contributed by atoms with Gasteiger partial charge in [-0.25, -0.2) is 4.79 Å². The first kappa shape index (κ1) is 18.0. The zero-order chi connectivity index (χ0) is 19.5. The van der Waals surface area contributed by atoms with Gasteiger partial charge in [-0.05, 0) is 30.7 Å². The lowest BCUT2D eigenvalue weighted by atomic mass is 10.2. The standard InChI is InChI=1S/C20H20N2O6/c1-13-4-2-3-5-16(13)25-11-19(23)21-9-15-10-22(20(24)28-15)14-6-7-17-18(8-14)27-12-26-17/h2-8,15H,9-12H2,1H3,(H,21,23). The Bertz CT molecular complexity index is 900. The van der Waals surface area contributed by atoms with E-state index >= 15 is 0 Å². The molecule has 0 spiro atoms. The molecule has 1 fully saturated rings. The van der Waals surface area contributed by atoms with Gasteiger partial charge in [0.05, 0.1) is 18.8 Å². The number of ether oxygens (including phenoxy) is 4. The molecule has 1 saturated heterocycles. The van der Waals surface area contributed by atoms with Crippen molar-refractivity contribution in [3.8, 4) is 17.2 Å². The number of carbonyl (C=O) groups excluding carboxylic acids is 2. The van der Waals surface area contributed by atoms with Gasteiger partial charge in [-0.2, -0.15) is 0 Å². The summed E-state index contributed by atoms with van der Waals surface area (Å²) in [6.07, 6.45) is -0.908. The minimum atomic E-state index is -0.464. The van der Waals surface area contributed by atoms with Crippen LogP contribution < -0.4 is 24.4 Å². The number of anilines is 1. The summed E-state index contributed by atoms with van der Waals surface area (Å²) in [7, 11) is 0. The first-order chi connectivity index (χ1) is 13.6. The van der Waals surface area contributed by atoms with Crippen molar-refractivity contribution in [2.24, 2.45) is 0 Å². The van der Waals surface area contributed by atoms with E-state index in [9.17, 15) is 9.59 Å². The molecule has 2 aromatic carbocycles. The van der Waals surface area contributed by atoms with E-state index in [0.717, 1.165) is 5.56 Å². The van der Waals surface area contributed by atoms with Crippen molar-refractivity contribution < 1.29 is 28.5 Å². The Balaban J connectivity index is 1.27. The lowest BCUT2D eigenvalue weighted by molar-refractivity contribution is -0.123. The summed E-state index contributed by atoms with van der Waals surface area (Å²) in [4.78, 5) is 25.7. The van der Waals surface area contributed by atoms with Gasteiger partial charge in [0.25, 0.3) is 5.91 Å². The van der Waals surface area contributed by atoms with Gasteiger partial charge in [0.15, 0.2) is 18.1 Å². The minimum absolute atomic E-state index is 0.0998. The van der Waals surface area contributed by atoms with E-state index in [4.69, 9.17) is 18.9 Å². The summed E-state index contributed by atoms with van der Waals surface area (Å²) in [5, 5.41) is 2.74. The van der Waals surface area contributed by atoms with Crippen molar-refractivity contribution in [2.75, 3.05) is 31.4 Å². The van der Waals surface area contributed by atoms with Crippen LogP contribution in [-0.4, -0.2) is 44.6 Å². The highest BCUT2D eigenvalue weighted by molar-refractivity contribution is 5.90. The molecule has 28 heavy (non-hydrogen) atoms. The number of para-hydroxylation sites is 1. The first-order valence-corrected chi connectivity index (χ1v) is 8.93. The Labute approximate surface area is 161 Å². The SMILES string of the molecule is Cc1ccccc1OCC(=O)NCC1CN(c2ccc3c(c2)OCO3)C(=O)O1. The summed E-state index contributed by atoms with van der Waals surface area (Å²) in [6.45, 7) is 2.52. The topological polar surface area (TPSA) is 86.3 Å². The lowest BCUT2D eigenvalue weighted by Gasteiger charge is -2.14. The number of nitrogens with zero attached hydrogens (tertiary/aromatic N) is 1. The molecule has 8 heteroatoms. The fourth-order valence-electron chi connectivity index (χ4n) is 3.03. The summed E-state index contributed by atoms with van der Waals surface area (Å²) in [6, 6.07) is 12.7. The van der Waals surface area contributed by atoms with Gasteiger partial charge in [0.1, 0.15) is 11.9 Å². The first-order valence-electron chi connectivity index (χ1n) is 8.93. The zero-order valence-corrected chi connectivity index (χ0v) is 15.3. The smallest absolute Gasteiger partial charge is 0.414 e. The van der Waals surface area contributed by atoms with Crippen LogP contribution in [-0.2, 0) is 9.53 Å². The Morgan fingerprint density at radius 2 is 2.04 bits per heavy atom. The van der Waals surface area contributed by atoms with Crippen LogP contribution in [0.5, 0.6) is 17.2 Å². The fourth-order valence-corrected chi connectivity index (χ4v) is 3.03. The molecule has 8 nitrogen and oxygen atoms in total. The number of benzene rings is 2. The van der Waals surface area contributed by atoms with Crippen LogP contribution in [0, 0.1) is 6.92 Å². The Hall–Kier alpha value is -3.42. The summed E-state index contributed by atoms with van der Waals surface area (Å²) >= 11 is 0. The van der Waals surface area contributed by atoms with Crippen LogP contribution in [0.1, 0.15) is 5.56 Å². The van der Waals surface area contributed by atoms with Crippen LogP contribution in [0.25, 0.3) is 0 Å². The summed E-state index contributed by atoms with van der Waals surface area (Å²) in [5.41, 5.74) is 1.62. The van der Waals surface area contributed by atoms with Crippen molar-refractivity contribution in [3.05, 3.63) is 48.0 Å². The molecule has 0 saturated carbocycles. The van der Waals surface area contributed by atoms with Gasteiger partial charge in [0, 0.05) is 6.07 Å². The highest BCUT2D eigenvalue weighted by Gasteiger charge is 2.33. The second-order valence-electron chi connectivity index (χ2n) is 6.51. The Morgan fingerprint density at radius 3 is 2.89 bits per heavy atom. The third-order valence-corrected chi connectivity index (χ3v) is 4.52. The van der Waals surface area contributed by atoms with Crippen LogP contribution in [0.2, 0.25) is 0 Å². The highest BCUT2D eigenvalue weighted by atomic mass is 16.7. The minimum Gasteiger partial charge on any atom is -0.484 e. The predicted octanol–water partition coefficient (Wildman–Crippen LogP) is 2.24. The molecule has 0 radical (unpaired) electrons. The second-order valence-corrected chi connectivity index (χ2v) is 6.51. The molecule has 4 rings (SSSR count). The van der Waals surface area contributed by atoms with Gasteiger partial charge in [0.2, 0.25) is 6.79 Å². The number of aryl methyl sites for hydroxylation is 1. The highest BCUT2D eigenvalue weighted by Crippen LogP contribution is 2.36. The number of rotatable bonds is 6. The van der Waals surface area contributed by atoms with Crippen molar-refractivity contribution in [2.45, 2.75) is 13.0 Å². The van der Waals surface area contributed by atoms with E-state index in [0.29, 0.717) is 29.5 Å². The Morgan fingerprint density at radius 1 is 1.21 bits per heavy atom. The summed E-state index contributed by atoms with van der Waals surface area (Å²) in [5.74, 6) is 1.63. The maximum Gasteiger partial charge on any atom is 0.414 e. The lowest BCUT2D eigenvalue weighted by Crippen LogP contribution is -2.37. The third-order valence-electron chi connectivity index (χ3n) is 4.52. The number of hydrogen-bond acceptors (Lipinski definition) is 6. The number of amides is 2. The predicted molar refractivity (Wildman–Crippen MR) is 99.9 cm³/mol. The quantitative estimate of drug-likeness (QED) is 0.822. The van der Waals surface area contributed by atoms with E-state index < -0.39 is 12.2 Å². The van der Waals surface area contributed by atoms with Crippen molar-refractivity contribution in [1.29, 1.82) is 0 Å². The van der Waals surface area contributed by atoms with E-state index in [-0.39, 0.29) is 25.9 Å². The molecule has 2 amide bonds. The maximum atomic E-state index is 12.2. The summed E-state index contributed by atoms with van der Waals surface area (Å²) < 4.78 is 21.5. The molecule has 0 aromatic heterocycles. The van der Waals surface area contributed by atoms with Crippen molar-refractivity contribution in [1.82, 2.24) is 5.32 Å². The molecule has 2 heterocycles. The maximum absolute atomic E-state index is 12.2. The average Bonchev–Trinajstić information content (AvgIpc) is 3.31. The van der Waals surface area contributed by atoms with Crippen LogP contribution in [0.15, 0.2) is 42.5 Å². The van der Waals surface area contributed by atoms with Crippen LogP contribution in [0.4, 0.5) is 10.5 Å². The van der Waals surface area contributed by atoms with Crippen LogP contribution >= 0.6 is 0 Å². The molecule has 2 aliphatic heterocycles. The second kappa shape index (κ2) is 7.67. The van der Waals surface area contributed by atoms with Gasteiger partial charge in [-0.15, -0.1) is 0 Å². The average molecular weight is 384 g/mol. The molecule has 0 bridgehead atoms. The van der Waals surface area contributed by atoms with Crippen molar-refractivity contribution >= 4 is 17.7 Å². The largest absolute Gasteiger partial charge is 0.484 e. The van der Waals surface area contributed by atoms with E-state index in [1.54, 1.807) is 18.2 Å².